The van der Waals surface area contributed by atoms with Gasteiger partial charge in [0.25, 0.3) is 0 Å². The van der Waals surface area contributed by atoms with Crippen LogP contribution in [0.2, 0.25) is 0 Å². The maximum Gasteiger partial charge on any atom is 0.245 e. The normalized spacial score (nSPS) is 25.5. The third kappa shape index (κ3) is 3.28. The Labute approximate surface area is 122 Å². The largest absolute Gasteiger partial charge is 0.378 e. The molecular formula is C13H21BrN2O3. The number of amides is 2. The highest BCUT2D eigenvalue weighted by Gasteiger charge is 2.38. The summed E-state index contributed by atoms with van der Waals surface area (Å²) in [6.07, 6.45) is 2.44. The molecule has 2 aliphatic rings. The summed E-state index contributed by atoms with van der Waals surface area (Å²) in [7, 11) is 0. The molecule has 0 saturated carbocycles. The van der Waals surface area contributed by atoms with Crippen molar-refractivity contribution in [1.29, 1.82) is 0 Å². The molecule has 108 valence electrons. The summed E-state index contributed by atoms with van der Waals surface area (Å²) >= 11 is 3.39. The first-order valence-electron chi connectivity index (χ1n) is 6.96. The second-order valence-electron chi connectivity index (χ2n) is 5.00. The van der Waals surface area contributed by atoms with Gasteiger partial charge in [0.2, 0.25) is 11.8 Å². The van der Waals surface area contributed by atoms with E-state index in [2.05, 4.69) is 15.9 Å². The lowest BCUT2D eigenvalue weighted by atomic mass is 10.1. The Morgan fingerprint density at radius 3 is 2.63 bits per heavy atom. The highest BCUT2D eigenvalue weighted by molar-refractivity contribution is 9.10. The van der Waals surface area contributed by atoms with Crippen molar-refractivity contribution in [2.45, 2.75) is 37.1 Å². The van der Waals surface area contributed by atoms with E-state index in [4.69, 9.17) is 4.74 Å². The van der Waals surface area contributed by atoms with Gasteiger partial charge in [-0.05, 0) is 19.3 Å². The van der Waals surface area contributed by atoms with Gasteiger partial charge in [-0.3, -0.25) is 9.59 Å². The number of alkyl halides is 1. The van der Waals surface area contributed by atoms with E-state index in [1.54, 1.807) is 4.90 Å². The van der Waals surface area contributed by atoms with Crippen molar-refractivity contribution in [3.8, 4) is 0 Å². The van der Waals surface area contributed by atoms with Crippen molar-refractivity contribution >= 4 is 27.7 Å². The number of hydrogen-bond acceptors (Lipinski definition) is 3. The number of halogens is 1. The van der Waals surface area contributed by atoms with Gasteiger partial charge in [-0.25, -0.2) is 0 Å². The number of ether oxygens (including phenoxy) is 1. The molecule has 2 heterocycles. The fourth-order valence-corrected chi connectivity index (χ4v) is 2.90. The van der Waals surface area contributed by atoms with E-state index in [-0.39, 0.29) is 22.7 Å². The molecule has 0 radical (unpaired) electrons. The maximum atomic E-state index is 12.5. The molecule has 6 heteroatoms. The molecular weight excluding hydrogens is 312 g/mol. The highest BCUT2D eigenvalue weighted by atomic mass is 79.9. The number of hydrogen-bond donors (Lipinski definition) is 0. The van der Waals surface area contributed by atoms with Crippen LogP contribution in [0.5, 0.6) is 0 Å². The van der Waals surface area contributed by atoms with Crippen molar-refractivity contribution in [3.63, 3.8) is 0 Å². The molecule has 0 aromatic rings. The molecule has 2 amide bonds. The summed E-state index contributed by atoms with van der Waals surface area (Å²) < 4.78 is 5.26. The van der Waals surface area contributed by atoms with Gasteiger partial charge in [0.15, 0.2) is 0 Å². The van der Waals surface area contributed by atoms with Crippen LogP contribution in [0.3, 0.4) is 0 Å². The highest BCUT2D eigenvalue weighted by Crippen LogP contribution is 2.23. The Hall–Kier alpha value is -0.620. The lowest BCUT2D eigenvalue weighted by molar-refractivity contribution is -0.146. The van der Waals surface area contributed by atoms with Crippen LogP contribution >= 0.6 is 15.9 Å². The summed E-state index contributed by atoms with van der Waals surface area (Å²) in [6.45, 7) is 5.14. The second-order valence-corrected chi connectivity index (χ2v) is 6.11. The Morgan fingerprint density at radius 1 is 1.32 bits per heavy atom. The molecule has 2 unspecified atom stereocenters. The molecule has 0 aliphatic carbocycles. The van der Waals surface area contributed by atoms with Crippen LogP contribution in [-0.4, -0.2) is 65.3 Å². The van der Waals surface area contributed by atoms with Crippen molar-refractivity contribution in [3.05, 3.63) is 0 Å². The van der Waals surface area contributed by atoms with Crippen LogP contribution in [-0.2, 0) is 14.3 Å². The maximum absolute atomic E-state index is 12.5. The van der Waals surface area contributed by atoms with E-state index >= 15 is 0 Å². The van der Waals surface area contributed by atoms with Crippen LogP contribution in [0.4, 0.5) is 0 Å². The molecule has 2 atom stereocenters. The van der Waals surface area contributed by atoms with Crippen LogP contribution in [0, 0.1) is 0 Å². The van der Waals surface area contributed by atoms with Gasteiger partial charge in [0.1, 0.15) is 6.04 Å². The predicted molar refractivity (Wildman–Crippen MR) is 75.1 cm³/mol. The zero-order valence-corrected chi connectivity index (χ0v) is 12.9. The predicted octanol–water partition coefficient (Wildman–Crippen LogP) is 1.01. The monoisotopic (exact) mass is 332 g/mol. The molecule has 0 bridgehead atoms. The van der Waals surface area contributed by atoms with Gasteiger partial charge in [0, 0.05) is 19.6 Å². The van der Waals surface area contributed by atoms with Crippen molar-refractivity contribution in [1.82, 2.24) is 9.80 Å². The molecule has 0 aromatic carbocycles. The average molecular weight is 333 g/mol. The molecule has 0 spiro atoms. The van der Waals surface area contributed by atoms with E-state index in [1.807, 2.05) is 11.8 Å². The summed E-state index contributed by atoms with van der Waals surface area (Å²) in [6, 6.07) is -0.266. The van der Waals surface area contributed by atoms with E-state index in [1.165, 1.54) is 0 Å². The van der Waals surface area contributed by atoms with E-state index in [0.717, 1.165) is 19.3 Å². The Bertz CT molecular complexity index is 345. The third-order valence-corrected chi connectivity index (χ3v) is 4.81. The van der Waals surface area contributed by atoms with Crippen molar-refractivity contribution in [2.75, 3.05) is 32.8 Å². The summed E-state index contributed by atoms with van der Waals surface area (Å²) in [5.41, 5.74) is 0. The zero-order valence-electron chi connectivity index (χ0n) is 11.3. The molecule has 19 heavy (non-hydrogen) atoms. The number of carbonyl (C=O) groups excluding carboxylic acids is 2. The summed E-state index contributed by atoms with van der Waals surface area (Å²) in [5, 5.41) is 0. The number of rotatable bonds is 3. The van der Waals surface area contributed by atoms with Crippen molar-refractivity contribution < 1.29 is 14.3 Å². The van der Waals surface area contributed by atoms with Crippen LogP contribution < -0.4 is 0 Å². The summed E-state index contributed by atoms with van der Waals surface area (Å²) in [4.78, 5) is 28.1. The lowest BCUT2D eigenvalue weighted by Gasteiger charge is -2.33. The molecule has 2 rings (SSSR count). The number of nitrogens with zero attached hydrogens (tertiary/aromatic N) is 2. The molecule has 2 fully saturated rings. The number of carbonyl (C=O) groups is 2. The molecule has 2 aliphatic heterocycles. The van der Waals surface area contributed by atoms with Gasteiger partial charge >= 0.3 is 0 Å². The van der Waals surface area contributed by atoms with Gasteiger partial charge in [-0.15, -0.1) is 0 Å². The van der Waals surface area contributed by atoms with Crippen LogP contribution in [0.15, 0.2) is 0 Å². The van der Waals surface area contributed by atoms with Gasteiger partial charge < -0.3 is 14.5 Å². The quantitative estimate of drug-likeness (QED) is 0.725. The second kappa shape index (κ2) is 6.70. The van der Waals surface area contributed by atoms with Crippen LogP contribution in [0.1, 0.15) is 26.2 Å². The molecule has 0 N–H and O–H groups in total. The minimum Gasteiger partial charge on any atom is -0.378 e. The minimum absolute atomic E-state index is 0.0478. The standard InChI is InChI=1S/C13H21BrN2O3/c1-2-10(14)12(17)16-5-3-4-11(16)13(18)15-6-8-19-9-7-15/h10-11H,2-9H2,1H3. The fourth-order valence-electron chi connectivity index (χ4n) is 2.64. The topological polar surface area (TPSA) is 49.9 Å². The first kappa shape index (κ1) is 14.8. The zero-order chi connectivity index (χ0) is 13.8. The molecule has 5 nitrogen and oxygen atoms in total. The fraction of sp³-hybridized carbons (Fsp3) is 0.846. The van der Waals surface area contributed by atoms with E-state index in [0.29, 0.717) is 32.8 Å². The molecule has 2 saturated heterocycles. The van der Waals surface area contributed by atoms with Gasteiger partial charge in [-0.1, -0.05) is 22.9 Å². The summed E-state index contributed by atoms with van der Waals surface area (Å²) in [5.74, 6) is 0.136. The molecule has 0 aromatic heterocycles. The third-order valence-electron chi connectivity index (χ3n) is 3.77. The van der Waals surface area contributed by atoms with Gasteiger partial charge in [0.05, 0.1) is 18.0 Å². The van der Waals surface area contributed by atoms with E-state index < -0.39 is 0 Å². The smallest absolute Gasteiger partial charge is 0.245 e. The van der Waals surface area contributed by atoms with Crippen LogP contribution in [0.25, 0.3) is 0 Å². The Kier molecular flexibility index (Phi) is 5.21. The SMILES string of the molecule is CCC(Br)C(=O)N1CCCC1C(=O)N1CCOCC1. The first-order chi connectivity index (χ1) is 9.15. The number of likely N-dealkylation sites (tertiary alicyclic amines) is 1. The van der Waals surface area contributed by atoms with Crippen molar-refractivity contribution in [2.24, 2.45) is 0 Å². The van der Waals surface area contributed by atoms with E-state index in [9.17, 15) is 9.59 Å². The minimum atomic E-state index is -0.266. The lowest BCUT2D eigenvalue weighted by Crippen LogP contribution is -2.52. The number of morpholine rings is 1. The van der Waals surface area contributed by atoms with Gasteiger partial charge in [-0.2, -0.15) is 0 Å². The first-order valence-corrected chi connectivity index (χ1v) is 7.87. The Morgan fingerprint density at radius 2 is 2.00 bits per heavy atom. The Balaban J connectivity index is 2.01. The average Bonchev–Trinajstić information content (AvgIpc) is 2.95.